The number of urea groups is 1. The largest absolute Gasteiger partial charge is 0.481 e. The highest BCUT2D eigenvalue weighted by Crippen LogP contribution is 2.21. The topological polar surface area (TPSA) is 69.6 Å². The highest BCUT2D eigenvalue weighted by molar-refractivity contribution is 7.99. The lowest BCUT2D eigenvalue weighted by atomic mass is 10.2. The van der Waals surface area contributed by atoms with Crippen molar-refractivity contribution in [2.24, 2.45) is 0 Å². The molecule has 5 nitrogen and oxygen atoms in total. The van der Waals surface area contributed by atoms with Crippen LogP contribution in [0.3, 0.4) is 0 Å². The molecule has 1 heterocycles. The third kappa shape index (κ3) is 3.54. The van der Waals surface area contributed by atoms with Gasteiger partial charge in [0, 0.05) is 24.1 Å². The van der Waals surface area contributed by atoms with Crippen LogP contribution >= 0.6 is 11.8 Å². The molecule has 2 rings (SSSR count). The van der Waals surface area contributed by atoms with Crippen molar-refractivity contribution in [1.29, 1.82) is 0 Å². The molecule has 2 amide bonds. The number of nitrogens with zero attached hydrogens (tertiary/aromatic N) is 1. The predicted molar refractivity (Wildman–Crippen MR) is 70.9 cm³/mol. The van der Waals surface area contributed by atoms with Gasteiger partial charge in [0.1, 0.15) is 0 Å². The molecule has 0 aromatic heterocycles. The lowest BCUT2D eigenvalue weighted by Crippen LogP contribution is -2.52. The van der Waals surface area contributed by atoms with Gasteiger partial charge in [0.15, 0.2) is 0 Å². The van der Waals surface area contributed by atoms with Crippen molar-refractivity contribution in [1.82, 2.24) is 10.2 Å². The summed E-state index contributed by atoms with van der Waals surface area (Å²) in [7, 11) is 0. The van der Waals surface area contributed by atoms with Crippen LogP contribution in [-0.4, -0.2) is 52.1 Å². The first-order chi connectivity index (χ1) is 8.66. The first-order valence-electron chi connectivity index (χ1n) is 6.53. The van der Waals surface area contributed by atoms with Crippen molar-refractivity contribution in [3.05, 3.63) is 0 Å². The number of carbonyl (C=O) groups excluding carboxylic acids is 1. The first kappa shape index (κ1) is 13.5. The van der Waals surface area contributed by atoms with E-state index < -0.39 is 5.97 Å². The van der Waals surface area contributed by atoms with E-state index in [1.807, 2.05) is 0 Å². The number of carboxylic acid groups (broad SMARTS) is 1. The quantitative estimate of drug-likeness (QED) is 0.817. The molecule has 1 atom stereocenters. The van der Waals surface area contributed by atoms with Gasteiger partial charge in [-0.2, -0.15) is 11.8 Å². The number of amides is 2. The molecule has 1 aliphatic heterocycles. The molecule has 6 heteroatoms. The van der Waals surface area contributed by atoms with E-state index in [0.717, 1.165) is 24.3 Å². The maximum absolute atomic E-state index is 12.2. The fourth-order valence-electron chi connectivity index (χ4n) is 2.62. The van der Waals surface area contributed by atoms with Crippen LogP contribution in [-0.2, 0) is 4.79 Å². The Bertz CT molecular complexity index is 318. The minimum atomic E-state index is -0.832. The van der Waals surface area contributed by atoms with Crippen molar-refractivity contribution in [2.45, 2.75) is 44.2 Å². The first-order valence-corrected chi connectivity index (χ1v) is 7.69. The van der Waals surface area contributed by atoms with Crippen molar-refractivity contribution in [3.8, 4) is 0 Å². The van der Waals surface area contributed by atoms with E-state index in [1.54, 1.807) is 16.7 Å². The van der Waals surface area contributed by atoms with Gasteiger partial charge in [-0.1, -0.05) is 12.8 Å². The van der Waals surface area contributed by atoms with Crippen molar-refractivity contribution in [2.75, 3.05) is 18.1 Å². The Kier molecular flexibility index (Phi) is 4.74. The SMILES string of the molecule is O=C(O)CC1CSCCN1C(=O)NC1CCCC1. The second-order valence-electron chi connectivity index (χ2n) is 4.95. The molecule has 2 fully saturated rings. The van der Waals surface area contributed by atoms with Gasteiger partial charge in [-0.25, -0.2) is 4.79 Å². The van der Waals surface area contributed by atoms with Gasteiger partial charge in [-0.05, 0) is 12.8 Å². The van der Waals surface area contributed by atoms with Crippen LogP contribution in [0.4, 0.5) is 4.79 Å². The molecule has 1 aliphatic carbocycles. The number of thioether (sulfide) groups is 1. The zero-order chi connectivity index (χ0) is 13.0. The molecular weight excluding hydrogens is 252 g/mol. The molecule has 2 aliphatic rings. The Balaban J connectivity index is 1.90. The Hall–Kier alpha value is -0.910. The van der Waals surface area contributed by atoms with Gasteiger partial charge in [0.25, 0.3) is 0 Å². The number of hydrogen-bond acceptors (Lipinski definition) is 3. The summed E-state index contributed by atoms with van der Waals surface area (Å²) in [5.74, 6) is 0.791. The number of rotatable bonds is 3. The molecule has 18 heavy (non-hydrogen) atoms. The maximum Gasteiger partial charge on any atom is 0.317 e. The summed E-state index contributed by atoms with van der Waals surface area (Å²) in [6, 6.07) is 0.0497. The summed E-state index contributed by atoms with van der Waals surface area (Å²) in [5.41, 5.74) is 0. The molecule has 0 bridgehead atoms. The molecule has 1 unspecified atom stereocenters. The Morgan fingerprint density at radius 1 is 1.33 bits per heavy atom. The summed E-state index contributed by atoms with van der Waals surface area (Å²) in [5, 5.41) is 11.9. The van der Waals surface area contributed by atoms with Gasteiger partial charge in [0.2, 0.25) is 0 Å². The lowest BCUT2D eigenvalue weighted by Gasteiger charge is -2.35. The molecule has 0 aromatic rings. The average molecular weight is 272 g/mol. The summed E-state index contributed by atoms with van der Waals surface area (Å²) in [4.78, 5) is 24.7. The van der Waals surface area contributed by atoms with Crippen LogP contribution in [0.1, 0.15) is 32.1 Å². The van der Waals surface area contributed by atoms with E-state index in [-0.39, 0.29) is 24.5 Å². The minimum absolute atomic E-state index is 0.0467. The Labute approximate surface area is 111 Å². The monoisotopic (exact) mass is 272 g/mol. The summed E-state index contributed by atoms with van der Waals surface area (Å²) < 4.78 is 0. The minimum Gasteiger partial charge on any atom is -0.481 e. The maximum atomic E-state index is 12.2. The Morgan fingerprint density at radius 3 is 2.72 bits per heavy atom. The molecule has 0 aromatic carbocycles. The smallest absolute Gasteiger partial charge is 0.317 e. The van der Waals surface area contributed by atoms with Gasteiger partial charge in [-0.15, -0.1) is 0 Å². The number of aliphatic carboxylic acids is 1. The van der Waals surface area contributed by atoms with Gasteiger partial charge >= 0.3 is 12.0 Å². The third-order valence-corrected chi connectivity index (χ3v) is 4.67. The van der Waals surface area contributed by atoms with Crippen LogP contribution < -0.4 is 5.32 Å². The molecule has 1 saturated carbocycles. The number of nitrogens with one attached hydrogen (secondary N) is 1. The number of hydrogen-bond donors (Lipinski definition) is 2. The van der Waals surface area contributed by atoms with Crippen LogP contribution in [0.25, 0.3) is 0 Å². The molecule has 1 saturated heterocycles. The zero-order valence-corrected chi connectivity index (χ0v) is 11.2. The summed E-state index contributed by atoms with van der Waals surface area (Å²) in [6.07, 6.45) is 4.51. The lowest BCUT2D eigenvalue weighted by molar-refractivity contribution is -0.137. The Morgan fingerprint density at radius 2 is 2.06 bits per heavy atom. The van der Waals surface area contributed by atoms with Crippen molar-refractivity contribution in [3.63, 3.8) is 0 Å². The molecular formula is C12H20N2O3S. The molecule has 102 valence electrons. The van der Waals surface area contributed by atoms with Crippen LogP contribution in [0.2, 0.25) is 0 Å². The van der Waals surface area contributed by atoms with E-state index in [1.165, 1.54) is 12.8 Å². The highest BCUT2D eigenvalue weighted by Gasteiger charge is 2.30. The predicted octanol–water partition coefficient (Wildman–Crippen LogP) is 1.53. The van der Waals surface area contributed by atoms with E-state index in [2.05, 4.69) is 5.32 Å². The molecule has 0 spiro atoms. The van der Waals surface area contributed by atoms with Crippen molar-refractivity contribution >= 4 is 23.8 Å². The standard InChI is InChI=1S/C12H20N2O3S/c15-11(16)7-10-8-18-6-5-14(10)12(17)13-9-3-1-2-4-9/h9-10H,1-8H2,(H,13,17)(H,15,16). The average Bonchev–Trinajstić information content (AvgIpc) is 2.81. The molecule has 0 radical (unpaired) electrons. The van der Waals surface area contributed by atoms with Crippen molar-refractivity contribution < 1.29 is 14.7 Å². The highest BCUT2D eigenvalue weighted by atomic mass is 32.2. The second kappa shape index (κ2) is 6.31. The normalized spacial score (nSPS) is 25.1. The van der Waals surface area contributed by atoms with Gasteiger partial charge < -0.3 is 15.3 Å². The van der Waals surface area contributed by atoms with E-state index in [0.29, 0.717) is 6.54 Å². The number of carboxylic acids is 1. The van der Waals surface area contributed by atoms with Crippen LogP contribution in [0.5, 0.6) is 0 Å². The zero-order valence-electron chi connectivity index (χ0n) is 10.4. The van der Waals surface area contributed by atoms with Crippen LogP contribution in [0, 0.1) is 0 Å². The summed E-state index contributed by atoms with van der Waals surface area (Å²) >= 11 is 1.72. The fourth-order valence-corrected chi connectivity index (χ4v) is 3.68. The summed E-state index contributed by atoms with van der Waals surface area (Å²) in [6.45, 7) is 0.654. The van der Waals surface area contributed by atoms with Crippen LogP contribution in [0.15, 0.2) is 0 Å². The van der Waals surface area contributed by atoms with E-state index >= 15 is 0 Å². The van der Waals surface area contributed by atoms with Gasteiger partial charge in [-0.3, -0.25) is 4.79 Å². The second-order valence-corrected chi connectivity index (χ2v) is 6.10. The number of carbonyl (C=O) groups is 2. The van der Waals surface area contributed by atoms with Gasteiger partial charge in [0.05, 0.1) is 12.5 Å². The van der Waals surface area contributed by atoms with E-state index in [9.17, 15) is 9.59 Å². The molecule has 2 N–H and O–H groups in total. The van der Waals surface area contributed by atoms with E-state index in [4.69, 9.17) is 5.11 Å². The fraction of sp³-hybridized carbons (Fsp3) is 0.833. The third-order valence-electron chi connectivity index (χ3n) is 3.58.